The number of hydrogen-bond donors (Lipinski definition) is 0. The second-order valence-corrected chi connectivity index (χ2v) is 83.9. The molecule has 0 atom stereocenters. The second kappa shape index (κ2) is 18.5. The van der Waals surface area contributed by atoms with Gasteiger partial charge in [-0.3, -0.25) is 0 Å². The molecule has 0 nitrogen and oxygen atoms in total. The van der Waals surface area contributed by atoms with E-state index in [9.17, 15) is 0 Å². The Morgan fingerprint density at radius 3 is 0.407 bits per heavy atom. The molecule has 312 valence electrons. The Morgan fingerprint density at radius 1 is 0.204 bits per heavy atom. The zero-order valence-corrected chi connectivity index (χ0v) is 43.9. The highest BCUT2D eigenvalue weighted by atomic mass is 30.2. The van der Waals surface area contributed by atoms with E-state index in [1.165, 1.54) is 33.2 Å². The van der Waals surface area contributed by atoms with Crippen LogP contribution in [0.2, 0.25) is 69.5 Å². The van der Waals surface area contributed by atoms with Gasteiger partial charge in [-0.25, -0.2) is 0 Å². The summed E-state index contributed by atoms with van der Waals surface area (Å²) in [6, 6.07) is 11.2. The molecule has 7 aliphatic rings. The standard InChI is InChI=1S/C48H96Si6/c1-7-49(43-31-19-13-20-32-43)50(8-2,44-33-21-14-22-34-44)52(10-4,46-37-25-16-26-38-46)54(12-6,48-41-29-18-30-42-48)53(11-5,47-39-27-17-28-40-47)51(49,9-3)45-35-23-15-24-36-45/h43-48H,7-42H2,1-6H3. The van der Waals surface area contributed by atoms with Gasteiger partial charge in [0.15, 0.2) is 0 Å². The summed E-state index contributed by atoms with van der Waals surface area (Å²) in [6.45, 7) is 18.6. The highest BCUT2D eigenvalue weighted by Gasteiger charge is 2.91. The van der Waals surface area contributed by atoms with Crippen molar-refractivity contribution in [2.75, 3.05) is 0 Å². The van der Waals surface area contributed by atoms with E-state index in [0.29, 0.717) is 0 Å². The minimum Gasteiger partial charge on any atom is -0.0682 e. The molecule has 7 fully saturated rings. The molecule has 0 unspecified atom stereocenters. The molecule has 0 aromatic rings. The first-order valence-corrected chi connectivity index (χ1v) is 46.2. The SMILES string of the molecule is CC[Si]1(C2CCCCC2)[Si](CC)(C2CCCCC2)[Si](CC)(C2CCCCC2)[Si](CC)(C2CCCCC2)[Si](CC)(C2CCCCC2)[Si]1(CC)C1CCCCC1. The molecular weight excluding hydrogens is 745 g/mol. The van der Waals surface area contributed by atoms with Crippen LogP contribution in [0.25, 0.3) is 0 Å². The van der Waals surface area contributed by atoms with Crippen molar-refractivity contribution in [2.24, 2.45) is 0 Å². The van der Waals surface area contributed by atoms with E-state index in [1.807, 2.05) is 36.3 Å². The summed E-state index contributed by atoms with van der Waals surface area (Å²) < 4.78 is 0. The molecular formula is C48H96Si6. The quantitative estimate of drug-likeness (QED) is 0.172. The smallest absolute Gasteiger partial charge is 0.0410 e. The molecule has 1 aliphatic heterocycles. The zero-order valence-electron chi connectivity index (χ0n) is 37.9. The van der Waals surface area contributed by atoms with Gasteiger partial charge in [0.25, 0.3) is 0 Å². The number of hydrogen-bond acceptors (Lipinski definition) is 0. The van der Waals surface area contributed by atoms with Crippen molar-refractivity contribution >= 4 is 42.7 Å². The summed E-state index contributed by atoms with van der Waals surface area (Å²) in [5.74, 6) is 0. The van der Waals surface area contributed by atoms with E-state index in [0.717, 1.165) is 0 Å². The minimum atomic E-state index is -1.70. The summed E-state index contributed by atoms with van der Waals surface area (Å²) >= 11 is 0. The van der Waals surface area contributed by atoms with E-state index in [-0.39, 0.29) is 0 Å². The third kappa shape index (κ3) is 5.89. The normalized spacial score (nSPS) is 42.3. The lowest BCUT2D eigenvalue weighted by Crippen LogP contribution is -3.09. The van der Waals surface area contributed by atoms with Gasteiger partial charge >= 0.3 is 0 Å². The Kier molecular flexibility index (Phi) is 14.9. The van der Waals surface area contributed by atoms with Gasteiger partial charge in [0.1, 0.15) is 0 Å². The fourth-order valence-electron chi connectivity index (χ4n) is 21.8. The van der Waals surface area contributed by atoms with Crippen LogP contribution in [-0.4, -0.2) is 42.7 Å². The Bertz CT molecular complexity index is 903. The largest absolute Gasteiger partial charge is 0.0682 e. The molecule has 0 radical (unpaired) electrons. The van der Waals surface area contributed by atoms with Crippen molar-refractivity contribution in [1.29, 1.82) is 0 Å². The van der Waals surface area contributed by atoms with E-state index in [1.54, 1.807) is 193 Å². The summed E-state index contributed by atoms with van der Waals surface area (Å²) in [7, 11) is -10.2. The van der Waals surface area contributed by atoms with E-state index in [2.05, 4.69) is 41.5 Å². The molecule has 0 aromatic carbocycles. The Morgan fingerprint density at radius 2 is 0.315 bits per heavy atom. The van der Waals surface area contributed by atoms with E-state index < -0.39 is 42.7 Å². The van der Waals surface area contributed by atoms with Crippen LogP contribution in [0.3, 0.4) is 0 Å². The molecule has 0 bridgehead atoms. The molecule has 6 saturated carbocycles. The first-order chi connectivity index (χ1) is 26.5. The lowest BCUT2D eigenvalue weighted by Gasteiger charge is -2.87. The van der Waals surface area contributed by atoms with Crippen molar-refractivity contribution in [1.82, 2.24) is 0 Å². The fourth-order valence-corrected chi connectivity index (χ4v) is 305. The summed E-state index contributed by atoms with van der Waals surface area (Å²) in [6.07, 6.45) is 50.7. The van der Waals surface area contributed by atoms with Gasteiger partial charge in [-0.05, 0) is 33.2 Å². The van der Waals surface area contributed by atoms with Crippen LogP contribution < -0.4 is 0 Å². The molecule has 0 N–H and O–H groups in total. The van der Waals surface area contributed by atoms with Crippen LogP contribution in [0, 0.1) is 0 Å². The molecule has 0 spiro atoms. The molecule has 7 rings (SSSR count). The van der Waals surface area contributed by atoms with Crippen molar-refractivity contribution < 1.29 is 0 Å². The monoisotopic (exact) mass is 841 g/mol. The van der Waals surface area contributed by atoms with Crippen LogP contribution in [0.4, 0.5) is 0 Å². The molecule has 54 heavy (non-hydrogen) atoms. The lowest BCUT2D eigenvalue weighted by molar-refractivity contribution is 0.471. The van der Waals surface area contributed by atoms with Gasteiger partial charge in [0, 0.05) is 42.7 Å². The predicted octanol–water partition coefficient (Wildman–Crippen LogP) is 17.3. The predicted molar refractivity (Wildman–Crippen MR) is 258 cm³/mol. The van der Waals surface area contributed by atoms with Crippen molar-refractivity contribution in [3.8, 4) is 0 Å². The van der Waals surface area contributed by atoms with Gasteiger partial charge in [-0.2, -0.15) is 0 Å². The first-order valence-electron chi connectivity index (χ1n) is 26.5. The first kappa shape index (κ1) is 43.4. The van der Waals surface area contributed by atoms with E-state index in [4.69, 9.17) is 0 Å². The second-order valence-electron chi connectivity index (χ2n) is 22.0. The van der Waals surface area contributed by atoms with Crippen LogP contribution in [0.5, 0.6) is 0 Å². The fraction of sp³-hybridized carbons (Fsp3) is 1.00. The average Bonchev–Trinajstić information content (AvgIpc) is 3.26. The Labute approximate surface area is 344 Å². The molecule has 0 aromatic heterocycles. The van der Waals surface area contributed by atoms with Crippen LogP contribution in [0.1, 0.15) is 234 Å². The van der Waals surface area contributed by atoms with Gasteiger partial charge in [0.2, 0.25) is 0 Å². The van der Waals surface area contributed by atoms with Crippen molar-refractivity contribution in [2.45, 2.75) is 304 Å². The van der Waals surface area contributed by atoms with Crippen LogP contribution >= 0.6 is 0 Å². The van der Waals surface area contributed by atoms with Gasteiger partial charge < -0.3 is 0 Å². The van der Waals surface area contributed by atoms with Crippen LogP contribution in [0.15, 0.2) is 0 Å². The maximum absolute atomic E-state index is 3.10. The number of rotatable bonds is 12. The molecule has 0 amide bonds. The molecule has 1 saturated heterocycles. The summed E-state index contributed by atoms with van der Waals surface area (Å²) in [4.78, 5) is 0. The van der Waals surface area contributed by atoms with Gasteiger partial charge in [-0.15, -0.1) is 0 Å². The Balaban J connectivity index is 1.75. The minimum absolute atomic E-state index is 1.30. The van der Waals surface area contributed by atoms with Gasteiger partial charge in [-0.1, -0.05) is 270 Å². The lowest BCUT2D eigenvalue weighted by atomic mass is 10.0. The van der Waals surface area contributed by atoms with Gasteiger partial charge in [0.05, 0.1) is 0 Å². The summed E-state index contributed by atoms with van der Waals surface area (Å²) in [5.41, 5.74) is 7.82. The molecule has 6 heteroatoms. The molecule has 6 aliphatic carbocycles. The van der Waals surface area contributed by atoms with E-state index >= 15 is 0 Å². The Hall–Kier alpha value is 1.30. The topological polar surface area (TPSA) is 0 Å². The highest BCUT2D eigenvalue weighted by molar-refractivity contribution is 8.15. The third-order valence-electron chi connectivity index (χ3n) is 21.9. The summed E-state index contributed by atoms with van der Waals surface area (Å²) in [5, 5.41) is 0. The molecule has 1 heterocycles. The van der Waals surface area contributed by atoms with Crippen molar-refractivity contribution in [3.63, 3.8) is 0 Å². The highest BCUT2D eigenvalue weighted by Crippen LogP contribution is 2.77. The van der Waals surface area contributed by atoms with Crippen molar-refractivity contribution in [3.05, 3.63) is 0 Å². The maximum atomic E-state index is 3.10. The average molecular weight is 842 g/mol. The third-order valence-corrected chi connectivity index (χ3v) is 168. The van der Waals surface area contributed by atoms with Crippen LogP contribution in [-0.2, 0) is 0 Å². The zero-order chi connectivity index (χ0) is 37.9. The maximum Gasteiger partial charge on any atom is 0.0410 e.